The zero-order valence-electron chi connectivity index (χ0n) is 9.71. The van der Waals surface area contributed by atoms with Crippen LogP contribution in [0.2, 0.25) is 0 Å². The van der Waals surface area contributed by atoms with Gasteiger partial charge in [-0.2, -0.15) is 0 Å². The Bertz CT molecular complexity index is 534. The van der Waals surface area contributed by atoms with Gasteiger partial charge in [-0.15, -0.1) is 13.2 Å². The Balaban J connectivity index is 2.42. The van der Waals surface area contributed by atoms with E-state index in [1.807, 2.05) is 36.4 Å². The number of aliphatic hydroxyl groups excluding tert-OH is 1. The largest absolute Gasteiger partial charge is 0.387 e. The lowest BCUT2D eigenvalue weighted by atomic mass is 9.94. The van der Waals surface area contributed by atoms with Crippen LogP contribution in [0.4, 0.5) is 0 Å². The number of hydrogen-bond acceptors (Lipinski definition) is 1. The monoisotopic (exact) mass is 224 g/mol. The van der Waals surface area contributed by atoms with Crippen LogP contribution in [-0.4, -0.2) is 5.11 Å². The van der Waals surface area contributed by atoms with E-state index in [1.54, 1.807) is 12.2 Å². The van der Waals surface area contributed by atoms with Crippen LogP contribution < -0.4 is 0 Å². The minimum Gasteiger partial charge on any atom is -0.387 e. The van der Waals surface area contributed by atoms with Crippen molar-refractivity contribution in [2.75, 3.05) is 0 Å². The van der Waals surface area contributed by atoms with E-state index >= 15 is 0 Å². The van der Waals surface area contributed by atoms with Crippen molar-refractivity contribution in [3.63, 3.8) is 0 Å². The molecule has 0 heterocycles. The van der Waals surface area contributed by atoms with Gasteiger partial charge in [0.15, 0.2) is 0 Å². The Morgan fingerprint density at radius 2 is 1.59 bits per heavy atom. The van der Waals surface area contributed by atoms with Gasteiger partial charge in [0, 0.05) is 5.92 Å². The summed E-state index contributed by atoms with van der Waals surface area (Å²) in [6.45, 7) is 7.42. The van der Waals surface area contributed by atoms with Crippen LogP contribution in [0, 0.1) is 5.92 Å². The van der Waals surface area contributed by atoms with Crippen molar-refractivity contribution in [3.8, 4) is 0 Å². The van der Waals surface area contributed by atoms with Crippen LogP contribution in [0.1, 0.15) is 11.7 Å². The summed E-state index contributed by atoms with van der Waals surface area (Å²) in [4.78, 5) is 0. The first kappa shape index (κ1) is 11.6. The van der Waals surface area contributed by atoms with Crippen molar-refractivity contribution in [3.05, 3.63) is 73.3 Å². The Morgan fingerprint density at radius 3 is 2.24 bits per heavy atom. The van der Waals surface area contributed by atoms with E-state index in [2.05, 4.69) is 19.2 Å². The third-order valence-corrected chi connectivity index (χ3v) is 3.02. The van der Waals surface area contributed by atoms with Crippen LogP contribution in [0.3, 0.4) is 0 Å². The highest BCUT2D eigenvalue weighted by atomic mass is 16.3. The highest BCUT2D eigenvalue weighted by Crippen LogP contribution is 2.26. The fraction of sp³-hybridized carbons (Fsp3) is 0.125. The summed E-state index contributed by atoms with van der Waals surface area (Å²) < 4.78 is 0. The SMILES string of the molecule is C=CC(C=C)C(O)c1ccc2ccccc2c1. The standard InChI is InChI=1S/C16H16O/c1-3-12(4-2)16(17)15-10-9-13-7-5-6-8-14(13)11-15/h3-12,16-17H,1-2H2. The molecule has 17 heavy (non-hydrogen) atoms. The van der Waals surface area contributed by atoms with Crippen molar-refractivity contribution in [2.24, 2.45) is 5.92 Å². The molecule has 0 aliphatic carbocycles. The lowest BCUT2D eigenvalue weighted by molar-refractivity contribution is 0.151. The summed E-state index contributed by atoms with van der Waals surface area (Å²) in [6.07, 6.45) is 2.86. The quantitative estimate of drug-likeness (QED) is 0.782. The van der Waals surface area contributed by atoms with E-state index in [4.69, 9.17) is 0 Å². The van der Waals surface area contributed by atoms with Crippen LogP contribution in [-0.2, 0) is 0 Å². The van der Waals surface area contributed by atoms with E-state index < -0.39 is 6.10 Å². The molecule has 0 aromatic heterocycles. The maximum atomic E-state index is 10.2. The highest BCUT2D eigenvalue weighted by Gasteiger charge is 2.14. The van der Waals surface area contributed by atoms with Gasteiger partial charge in [0.2, 0.25) is 0 Å². The molecule has 2 rings (SSSR count). The summed E-state index contributed by atoms with van der Waals surface area (Å²) in [6, 6.07) is 14.1. The van der Waals surface area contributed by atoms with E-state index in [0.29, 0.717) is 0 Å². The second-order valence-corrected chi connectivity index (χ2v) is 4.10. The van der Waals surface area contributed by atoms with Gasteiger partial charge in [-0.3, -0.25) is 0 Å². The molecule has 1 heteroatoms. The number of hydrogen-bond donors (Lipinski definition) is 1. The van der Waals surface area contributed by atoms with Crippen LogP contribution in [0.5, 0.6) is 0 Å². The van der Waals surface area contributed by atoms with Crippen LogP contribution >= 0.6 is 0 Å². The zero-order valence-corrected chi connectivity index (χ0v) is 9.71. The van der Waals surface area contributed by atoms with Crippen LogP contribution in [0.15, 0.2) is 67.8 Å². The molecule has 2 aromatic rings. The van der Waals surface area contributed by atoms with Gasteiger partial charge in [-0.05, 0) is 22.4 Å². The molecule has 1 nitrogen and oxygen atoms in total. The maximum absolute atomic E-state index is 10.2. The number of rotatable bonds is 4. The molecule has 2 aromatic carbocycles. The first-order valence-electron chi connectivity index (χ1n) is 5.68. The molecular weight excluding hydrogens is 208 g/mol. The minimum atomic E-state index is -0.574. The van der Waals surface area contributed by atoms with Gasteiger partial charge in [-0.25, -0.2) is 0 Å². The van der Waals surface area contributed by atoms with E-state index in [1.165, 1.54) is 5.39 Å². The second kappa shape index (κ2) is 4.98. The molecule has 0 radical (unpaired) electrons. The van der Waals surface area contributed by atoms with Gasteiger partial charge in [0.1, 0.15) is 0 Å². The first-order valence-corrected chi connectivity index (χ1v) is 5.68. The summed E-state index contributed by atoms with van der Waals surface area (Å²) in [7, 11) is 0. The average Bonchev–Trinajstić information content (AvgIpc) is 2.39. The van der Waals surface area contributed by atoms with Crippen molar-refractivity contribution >= 4 is 10.8 Å². The fourth-order valence-electron chi connectivity index (χ4n) is 1.97. The van der Waals surface area contributed by atoms with Crippen molar-refractivity contribution in [1.29, 1.82) is 0 Å². The second-order valence-electron chi connectivity index (χ2n) is 4.10. The number of aliphatic hydroxyl groups is 1. The molecule has 0 saturated heterocycles. The number of benzene rings is 2. The summed E-state index contributed by atoms with van der Waals surface area (Å²) in [5, 5.41) is 12.5. The summed E-state index contributed by atoms with van der Waals surface area (Å²) in [5.41, 5.74) is 0.897. The normalized spacial score (nSPS) is 12.6. The highest BCUT2D eigenvalue weighted by molar-refractivity contribution is 5.83. The zero-order chi connectivity index (χ0) is 12.3. The predicted octanol–water partition coefficient (Wildman–Crippen LogP) is 3.86. The molecule has 0 spiro atoms. The third kappa shape index (κ3) is 2.29. The molecule has 0 bridgehead atoms. The van der Waals surface area contributed by atoms with Gasteiger partial charge in [0.25, 0.3) is 0 Å². The lowest BCUT2D eigenvalue weighted by Gasteiger charge is -2.16. The first-order chi connectivity index (χ1) is 8.26. The van der Waals surface area contributed by atoms with Gasteiger partial charge >= 0.3 is 0 Å². The predicted molar refractivity (Wildman–Crippen MR) is 72.8 cm³/mol. The molecule has 0 aliphatic rings. The Kier molecular flexibility index (Phi) is 3.40. The molecule has 86 valence electrons. The van der Waals surface area contributed by atoms with Gasteiger partial charge in [-0.1, -0.05) is 48.6 Å². The molecule has 0 fully saturated rings. The maximum Gasteiger partial charge on any atom is 0.0887 e. The minimum absolute atomic E-state index is 0.115. The topological polar surface area (TPSA) is 20.2 Å². The van der Waals surface area contributed by atoms with Crippen molar-refractivity contribution in [1.82, 2.24) is 0 Å². The van der Waals surface area contributed by atoms with E-state index in [-0.39, 0.29) is 5.92 Å². The van der Waals surface area contributed by atoms with Crippen LogP contribution in [0.25, 0.3) is 10.8 Å². The van der Waals surface area contributed by atoms with E-state index in [9.17, 15) is 5.11 Å². The molecule has 0 aliphatic heterocycles. The Labute approximate surface area is 102 Å². The fourth-order valence-corrected chi connectivity index (χ4v) is 1.97. The lowest BCUT2D eigenvalue weighted by Crippen LogP contribution is -2.07. The summed E-state index contributed by atoms with van der Waals surface area (Å²) >= 11 is 0. The summed E-state index contributed by atoms with van der Waals surface area (Å²) in [5.74, 6) is -0.115. The Morgan fingerprint density at radius 1 is 0.941 bits per heavy atom. The molecule has 1 unspecified atom stereocenters. The molecule has 1 N–H and O–H groups in total. The van der Waals surface area contributed by atoms with E-state index in [0.717, 1.165) is 10.9 Å². The molecule has 0 amide bonds. The van der Waals surface area contributed by atoms with Crippen molar-refractivity contribution in [2.45, 2.75) is 6.10 Å². The third-order valence-electron chi connectivity index (χ3n) is 3.02. The molecule has 1 atom stereocenters. The average molecular weight is 224 g/mol. The van der Waals surface area contributed by atoms with Gasteiger partial charge in [0.05, 0.1) is 6.10 Å². The van der Waals surface area contributed by atoms with Gasteiger partial charge < -0.3 is 5.11 Å². The Hall–Kier alpha value is -1.86. The van der Waals surface area contributed by atoms with Crippen molar-refractivity contribution < 1.29 is 5.11 Å². The molecular formula is C16H16O. The molecule has 0 saturated carbocycles. The number of fused-ring (bicyclic) bond motifs is 1. The smallest absolute Gasteiger partial charge is 0.0887 e.